The number of carbonyl (C=O) groups is 1. The van der Waals surface area contributed by atoms with Gasteiger partial charge in [-0.15, -0.1) is 4.68 Å². The van der Waals surface area contributed by atoms with Crippen LogP contribution in [0.25, 0.3) is 5.69 Å². The number of hydrogen-bond acceptors (Lipinski definition) is 4. The maximum atomic E-state index is 12.0. The number of phenolic OH excluding ortho intramolecular Hbond substituents is 1. The van der Waals surface area contributed by atoms with Gasteiger partial charge >= 0.3 is 5.16 Å². The van der Waals surface area contributed by atoms with Crippen molar-refractivity contribution < 1.29 is 14.6 Å². The molecule has 1 amide bonds. The van der Waals surface area contributed by atoms with Gasteiger partial charge in [0.05, 0.1) is 5.75 Å². The number of nitrogens with one attached hydrogen (secondary N) is 2. The average molecular weight is 327 g/mol. The first kappa shape index (κ1) is 15.1. The van der Waals surface area contributed by atoms with Crippen LogP contribution in [0.2, 0.25) is 0 Å². The fraction of sp³-hybridized carbons (Fsp3) is 0.0625. The minimum Gasteiger partial charge on any atom is -0.508 e. The van der Waals surface area contributed by atoms with E-state index in [0.29, 0.717) is 10.8 Å². The minimum absolute atomic E-state index is 0.115. The largest absolute Gasteiger partial charge is 0.508 e. The molecule has 0 aliphatic rings. The number of para-hydroxylation sites is 1. The van der Waals surface area contributed by atoms with E-state index >= 15 is 0 Å². The molecule has 0 radical (unpaired) electrons. The fourth-order valence-corrected chi connectivity index (χ4v) is 2.78. The summed E-state index contributed by atoms with van der Waals surface area (Å²) in [5.74, 6) is 0.167. The first-order valence-corrected chi connectivity index (χ1v) is 7.93. The van der Waals surface area contributed by atoms with E-state index < -0.39 is 0 Å². The number of aromatic amines is 1. The average Bonchev–Trinajstić information content (AvgIpc) is 3.02. The number of aromatic nitrogens is 3. The normalized spacial score (nSPS) is 10.4. The third-order valence-corrected chi connectivity index (χ3v) is 3.98. The first-order chi connectivity index (χ1) is 11.2. The number of phenols is 1. The van der Waals surface area contributed by atoms with Gasteiger partial charge in [0.2, 0.25) is 12.2 Å². The van der Waals surface area contributed by atoms with Gasteiger partial charge in [0.15, 0.2) is 5.69 Å². The third-order valence-electron chi connectivity index (χ3n) is 3.03. The predicted molar refractivity (Wildman–Crippen MR) is 87.6 cm³/mol. The molecule has 0 fully saturated rings. The van der Waals surface area contributed by atoms with Crippen molar-refractivity contribution in [2.75, 3.05) is 11.1 Å². The highest BCUT2D eigenvalue weighted by Crippen LogP contribution is 2.17. The zero-order valence-electron chi connectivity index (χ0n) is 12.1. The van der Waals surface area contributed by atoms with E-state index in [1.54, 1.807) is 24.5 Å². The molecule has 0 atom stereocenters. The van der Waals surface area contributed by atoms with E-state index in [2.05, 4.69) is 15.4 Å². The predicted octanol–water partition coefficient (Wildman–Crippen LogP) is 2.12. The summed E-state index contributed by atoms with van der Waals surface area (Å²) in [6, 6.07) is 16.2. The second kappa shape index (κ2) is 6.97. The van der Waals surface area contributed by atoms with E-state index in [9.17, 15) is 9.90 Å². The number of nitrogens with zero attached hydrogens (tertiary/aromatic N) is 2. The molecule has 0 saturated carbocycles. The summed E-state index contributed by atoms with van der Waals surface area (Å²) < 4.78 is 1.81. The molecule has 0 bridgehead atoms. The SMILES string of the molecule is O=C(CSc1nc[nH][n+]1-c1ccccc1)Nc1cccc(O)c1. The van der Waals surface area contributed by atoms with E-state index in [0.717, 1.165) is 5.69 Å². The van der Waals surface area contributed by atoms with E-state index in [-0.39, 0.29) is 17.4 Å². The molecule has 2 aromatic carbocycles. The number of thioether (sulfide) groups is 1. The third kappa shape index (κ3) is 3.89. The highest BCUT2D eigenvalue weighted by atomic mass is 32.2. The Morgan fingerprint density at radius 3 is 2.83 bits per heavy atom. The molecule has 3 aromatic rings. The van der Waals surface area contributed by atoms with Gasteiger partial charge in [0, 0.05) is 11.8 Å². The van der Waals surface area contributed by atoms with Crippen molar-refractivity contribution in [2.24, 2.45) is 0 Å². The summed E-state index contributed by atoms with van der Waals surface area (Å²) in [7, 11) is 0. The number of amides is 1. The molecular weight excluding hydrogens is 312 g/mol. The Balaban J connectivity index is 1.63. The van der Waals surface area contributed by atoms with E-state index in [1.807, 2.05) is 35.0 Å². The van der Waals surface area contributed by atoms with Crippen LogP contribution in [0, 0.1) is 0 Å². The Labute approximate surface area is 137 Å². The number of H-pyrrole nitrogens is 1. The van der Waals surface area contributed by atoms with Crippen molar-refractivity contribution in [3.63, 3.8) is 0 Å². The van der Waals surface area contributed by atoms with Crippen LogP contribution in [-0.2, 0) is 4.79 Å². The molecule has 1 heterocycles. The van der Waals surface area contributed by atoms with E-state index in [1.165, 1.54) is 17.8 Å². The van der Waals surface area contributed by atoms with Gasteiger partial charge in [-0.25, -0.2) is 0 Å². The lowest BCUT2D eigenvalue weighted by Crippen LogP contribution is -2.35. The lowest BCUT2D eigenvalue weighted by atomic mass is 10.3. The second-order valence-electron chi connectivity index (χ2n) is 4.73. The van der Waals surface area contributed by atoms with Gasteiger partial charge in [-0.2, -0.15) is 5.10 Å². The van der Waals surface area contributed by atoms with Crippen molar-refractivity contribution in [2.45, 2.75) is 5.16 Å². The summed E-state index contributed by atoms with van der Waals surface area (Å²) in [4.78, 5) is 16.2. The van der Waals surface area contributed by atoms with Crippen LogP contribution in [0.5, 0.6) is 5.75 Å². The summed E-state index contributed by atoms with van der Waals surface area (Å²) in [6.45, 7) is 0. The monoisotopic (exact) mass is 327 g/mol. The van der Waals surface area contributed by atoms with Crippen LogP contribution in [0.3, 0.4) is 0 Å². The van der Waals surface area contributed by atoms with E-state index in [4.69, 9.17) is 0 Å². The van der Waals surface area contributed by atoms with Gasteiger partial charge in [0.25, 0.3) is 0 Å². The quantitative estimate of drug-likeness (QED) is 0.495. The topological polar surface area (TPSA) is 81.9 Å². The summed E-state index contributed by atoms with van der Waals surface area (Å²) in [5.41, 5.74) is 1.51. The Morgan fingerprint density at radius 2 is 2.04 bits per heavy atom. The molecule has 3 rings (SSSR count). The number of anilines is 1. The molecule has 116 valence electrons. The number of carbonyl (C=O) groups excluding carboxylic acids is 1. The number of aromatic hydroxyl groups is 1. The minimum atomic E-state index is -0.164. The van der Waals surface area contributed by atoms with Gasteiger partial charge in [-0.1, -0.05) is 24.3 Å². The molecule has 0 aliphatic carbocycles. The van der Waals surface area contributed by atoms with Crippen molar-refractivity contribution in [3.8, 4) is 11.4 Å². The van der Waals surface area contributed by atoms with Crippen LogP contribution >= 0.6 is 11.8 Å². The zero-order valence-corrected chi connectivity index (χ0v) is 13.0. The molecule has 7 heteroatoms. The molecule has 3 N–H and O–H groups in total. The molecule has 0 unspecified atom stereocenters. The van der Waals surface area contributed by atoms with Crippen LogP contribution in [0.4, 0.5) is 5.69 Å². The number of rotatable bonds is 5. The highest BCUT2D eigenvalue weighted by molar-refractivity contribution is 7.99. The van der Waals surface area contributed by atoms with Crippen molar-refractivity contribution in [3.05, 3.63) is 60.9 Å². The lowest BCUT2D eigenvalue weighted by Gasteiger charge is -2.04. The Kier molecular flexibility index (Phi) is 4.58. The number of benzene rings is 2. The van der Waals surface area contributed by atoms with Gasteiger partial charge in [-0.05, 0) is 41.0 Å². The van der Waals surface area contributed by atoms with Crippen LogP contribution in [0.15, 0.2) is 66.1 Å². The molecule has 1 aromatic heterocycles. The maximum Gasteiger partial charge on any atom is 0.385 e. The Hall–Kier alpha value is -2.80. The fourth-order valence-electron chi connectivity index (χ4n) is 2.03. The lowest BCUT2D eigenvalue weighted by molar-refractivity contribution is -0.694. The molecule has 23 heavy (non-hydrogen) atoms. The summed E-state index contributed by atoms with van der Waals surface area (Å²) in [6.07, 6.45) is 1.59. The smallest absolute Gasteiger partial charge is 0.385 e. The molecule has 0 spiro atoms. The van der Waals surface area contributed by atoms with Gasteiger partial charge < -0.3 is 10.4 Å². The number of hydrogen-bond donors (Lipinski definition) is 3. The van der Waals surface area contributed by atoms with Crippen LogP contribution in [-0.4, -0.2) is 26.8 Å². The second-order valence-corrected chi connectivity index (χ2v) is 5.67. The zero-order chi connectivity index (χ0) is 16.1. The van der Waals surface area contributed by atoms with Crippen LogP contribution in [0.1, 0.15) is 0 Å². The molecular formula is C16H15N4O2S+. The van der Waals surface area contributed by atoms with Crippen molar-refractivity contribution in [1.82, 2.24) is 10.1 Å². The van der Waals surface area contributed by atoms with Gasteiger partial charge in [0.1, 0.15) is 5.75 Å². The van der Waals surface area contributed by atoms with Crippen molar-refractivity contribution in [1.29, 1.82) is 0 Å². The molecule has 6 nitrogen and oxygen atoms in total. The van der Waals surface area contributed by atoms with Crippen molar-refractivity contribution >= 4 is 23.4 Å². The molecule has 0 saturated heterocycles. The van der Waals surface area contributed by atoms with Crippen LogP contribution < -0.4 is 10.00 Å². The Morgan fingerprint density at radius 1 is 1.22 bits per heavy atom. The highest BCUT2D eigenvalue weighted by Gasteiger charge is 2.18. The summed E-state index contributed by atoms with van der Waals surface area (Å²) >= 11 is 1.33. The molecule has 0 aliphatic heterocycles. The van der Waals surface area contributed by atoms with Gasteiger partial charge in [-0.3, -0.25) is 4.79 Å². The maximum absolute atomic E-state index is 12.0. The summed E-state index contributed by atoms with van der Waals surface area (Å²) in [5, 5.41) is 15.9. The Bertz CT molecular complexity index is 805. The standard InChI is InChI=1S/C16H14N4O2S/c21-14-8-4-5-12(9-14)19-15(22)10-23-16-17-11-18-20(16)13-6-2-1-3-7-13/h1-9,11H,10H2,(H2,19,21,22)/p+1. The first-order valence-electron chi connectivity index (χ1n) is 6.95.